The highest BCUT2D eigenvalue weighted by molar-refractivity contribution is 5.93. The number of hydrogen-bond acceptors (Lipinski definition) is 25. The summed E-state index contributed by atoms with van der Waals surface area (Å²) in [6, 6.07) is 27.3. The Hall–Kier alpha value is -9.33. The molecule has 5 aliphatic heterocycles. The number of morpholine rings is 1. The van der Waals surface area contributed by atoms with Gasteiger partial charge in [0.2, 0.25) is 5.95 Å². The zero-order chi connectivity index (χ0) is 65.8. The maximum atomic E-state index is 12.4. The van der Waals surface area contributed by atoms with Crippen LogP contribution in [0, 0.1) is 0 Å². The zero-order valence-electron chi connectivity index (χ0n) is 54.9. The number of nitrogen functional groups attached to an aromatic ring is 3. The van der Waals surface area contributed by atoms with Gasteiger partial charge in [-0.3, -0.25) is 19.3 Å². The third-order valence-electron chi connectivity index (χ3n) is 16.8. The summed E-state index contributed by atoms with van der Waals surface area (Å²) in [6.07, 6.45) is 10.4. The van der Waals surface area contributed by atoms with Crippen molar-refractivity contribution in [2.45, 2.75) is 111 Å². The molecule has 12 rings (SSSR count). The first kappa shape index (κ1) is 67.6. The van der Waals surface area contributed by atoms with Gasteiger partial charge in [0.1, 0.15) is 46.5 Å². The summed E-state index contributed by atoms with van der Waals surface area (Å²) in [6.45, 7) is 19.9. The van der Waals surface area contributed by atoms with E-state index in [0.717, 1.165) is 136 Å². The molecule has 0 aliphatic carbocycles. The molecule has 8 N–H and O–H groups in total. The number of unbranched alkanes of at least 4 members (excludes halogenated alkanes) is 3. The van der Waals surface area contributed by atoms with E-state index in [2.05, 4.69) is 131 Å². The van der Waals surface area contributed by atoms with Crippen LogP contribution in [0.5, 0.6) is 12.0 Å². The molecule has 5 aliphatic rings. The maximum absolute atomic E-state index is 12.4. The summed E-state index contributed by atoms with van der Waals surface area (Å²) in [5.74, 6) is 5.78. The van der Waals surface area contributed by atoms with Gasteiger partial charge in [-0.25, -0.2) is 9.97 Å². The van der Waals surface area contributed by atoms with Crippen LogP contribution in [0.4, 0.5) is 52.5 Å². The van der Waals surface area contributed by atoms with Crippen molar-refractivity contribution >= 4 is 69.8 Å². The quantitative estimate of drug-likeness (QED) is 0.0376. The average Bonchev–Trinajstić information content (AvgIpc) is 0.807. The molecule has 0 unspecified atom stereocenters. The van der Waals surface area contributed by atoms with Crippen molar-refractivity contribution in [3.8, 4) is 12.0 Å². The number of anilines is 9. The first-order valence-corrected chi connectivity index (χ1v) is 33.0. The van der Waals surface area contributed by atoms with Gasteiger partial charge in [0.05, 0.1) is 46.1 Å². The Kier molecular flexibility index (Phi) is 24.1. The second-order valence-corrected chi connectivity index (χ2v) is 24.4. The summed E-state index contributed by atoms with van der Waals surface area (Å²) in [5.41, 5.74) is 26.4. The lowest BCUT2D eigenvalue weighted by Crippen LogP contribution is -2.43. The molecule has 94 heavy (non-hydrogen) atoms. The van der Waals surface area contributed by atoms with Crippen LogP contribution < -0.4 is 56.9 Å². The van der Waals surface area contributed by atoms with Gasteiger partial charge < -0.3 is 66.5 Å². The molecule has 10 heterocycles. The molecule has 0 spiro atoms. The Bertz CT molecular complexity index is 3660. The van der Waals surface area contributed by atoms with Crippen molar-refractivity contribution in [3.05, 3.63) is 136 Å². The van der Waals surface area contributed by atoms with E-state index in [1.807, 2.05) is 57.3 Å². The Labute approximate surface area is 551 Å². The molecule has 0 amide bonds. The highest BCUT2D eigenvalue weighted by Gasteiger charge is 2.31. The number of carbonyl (C=O) groups excluding carboxylic acids is 3. The summed E-state index contributed by atoms with van der Waals surface area (Å²) in [7, 11) is 2.17. The van der Waals surface area contributed by atoms with Crippen LogP contribution in [0.2, 0.25) is 0 Å². The number of aromatic nitrogens is 8. The van der Waals surface area contributed by atoms with Gasteiger partial charge in [0, 0.05) is 127 Å². The lowest BCUT2D eigenvalue weighted by Gasteiger charge is -2.32. The van der Waals surface area contributed by atoms with Crippen LogP contribution in [-0.2, 0) is 71.1 Å². The Morgan fingerprint density at radius 1 is 0.511 bits per heavy atom. The lowest BCUT2D eigenvalue weighted by molar-refractivity contribution is -0.118. The normalized spacial score (nSPS) is 15.6. The Morgan fingerprint density at radius 3 is 1.56 bits per heavy atom. The van der Waals surface area contributed by atoms with E-state index in [0.29, 0.717) is 112 Å². The minimum Gasteiger partial charge on any atom is -0.463 e. The minimum atomic E-state index is 0.0976. The predicted octanol–water partition coefficient (Wildman–Crippen LogP) is 7.13. The molecule has 2 fully saturated rings. The fourth-order valence-electron chi connectivity index (χ4n) is 11.7. The van der Waals surface area contributed by atoms with Gasteiger partial charge in [0.15, 0.2) is 17.3 Å². The van der Waals surface area contributed by atoms with Crippen LogP contribution in [0.15, 0.2) is 91.3 Å². The van der Waals surface area contributed by atoms with Crippen molar-refractivity contribution in [2.75, 3.05) is 146 Å². The van der Waals surface area contributed by atoms with E-state index < -0.39 is 0 Å². The van der Waals surface area contributed by atoms with E-state index >= 15 is 0 Å². The number of pyridine rings is 2. The van der Waals surface area contributed by atoms with E-state index in [-0.39, 0.29) is 55.2 Å². The number of nitrogens with one attached hydrogen (secondary N) is 2. The molecule has 25 heteroatoms. The second kappa shape index (κ2) is 33.5. The number of hydrogen-bond donors (Lipinski definition) is 5. The monoisotopic (exact) mass is 1280 g/mol. The first-order chi connectivity index (χ1) is 45.8. The molecule has 0 atom stereocenters. The number of likely N-dealkylation sites (N-methyl/N-ethyl adjacent to an activating group) is 1. The average molecular weight is 1280 g/mol. The third kappa shape index (κ3) is 18.9. The maximum Gasteiger partial charge on any atom is 0.320 e. The molecule has 0 bridgehead atoms. The molecule has 25 nitrogen and oxygen atoms in total. The number of benzene rings is 2. The molecular formula is C69H91N19O6. The van der Waals surface area contributed by atoms with E-state index in [1.165, 1.54) is 5.56 Å². The number of rotatable bonds is 24. The highest BCUT2D eigenvalue weighted by atomic mass is 16.5. The lowest BCUT2D eigenvalue weighted by atomic mass is 10.0. The minimum absolute atomic E-state index is 0.0976. The third-order valence-corrected chi connectivity index (χ3v) is 16.8. The summed E-state index contributed by atoms with van der Waals surface area (Å²) in [5, 5.41) is 6.56. The number of carbonyl (C=O) groups is 3. The van der Waals surface area contributed by atoms with Crippen LogP contribution >= 0.6 is 0 Å². The van der Waals surface area contributed by atoms with E-state index in [1.54, 1.807) is 6.20 Å². The first-order valence-electron chi connectivity index (χ1n) is 33.0. The Morgan fingerprint density at radius 2 is 1.02 bits per heavy atom. The molecule has 7 aromatic rings. The fraction of sp³-hybridized carbons (Fsp3) is 0.464. The highest BCUT2D eigenvalue weighted by Crippen LogP contribution is 2.34. The van der Waals surface area contributed by atoms with Gasteiger partial charge in [-0.05, 0) is 78.4 Å². The number of nitrogens with zero attached hydrogens (tertiary/aromatic N) is 14. The van der Waals surface area contributed by atoms with Crippen molar-refractivity contribution < 1.29 is 28.6 Å². The number of ether oxygens (including phenoxy) is 3. The van der Waals surface area contributed by atoms with Crippen molar-refractivity contribution in [1.29, 1.82) is 0 Å². The van der Waals surface area contributed by atoms with Crippen molar-refractivity contribution in [1.82, 2.24) is 49.7 Å². The summed E-state index contributed by atoms with van der Waals surface area (Å²) < 4.78 is 16.8. The molecule has 0 saturated carbocycles. The van der Waals surface area contributed by atoms with Gasteiger partial charge in [-0.2, -0.15) is 29.9 Å². The predicted molar refractivity (Wildman–Crippen MR) is 367 cm³/mol. The standard InChI is InChI=1S/C24H34N6O2.C24H28N6O2.C21H29N7O2/c1-3-4-12-32-24-26-22(25)21-14-20(31)17-30(23(21)27-24)16-19-7-5-6-18(13-19)15-29-10-8-28(2)9-11-29;1-2-3-11-32-24-28-22(25)20-13-19(31)16-30(23(20)29-24)15-18-8-6-7-17(12-18)14-27-21-9-4-5-10-26-21;1-2-3-5-24-21-25-19(22)17-12-16(29)14-28(20(17)26-21)13-15-4-6-23-18(11-15)27-7-9-30-10-8-27/h5-7,13H,3-4,8-12,14-17H2,1-2H3,(H2,25,26,27);4-10,12H,2-3,11,13-16H2,1H3,(H,26,27)(H2,25,28,29);4,6,11H,2-3,5,7-10,12-14H2,1H3,(H3,22,24,25,26). The second-order valence-electron chi connectivity index (χ2n) is 24.4. The molecule has 2 aromatic carbocycles. The smallest absolute Gasteiger partial charge is 0.320 e. The van der Waals surface area contributed by atoms with Crippen LogP contribution in [0.3, 0.4) is 0 Å². The van der Waals surface area contributed by atoms with Crippen LogP contribution in [0.1, 0.15) is 104 Å². The summed E-state index contributed by atoms with van der Waals surface area (Å²) >= 11 is 0. The van der Waals surface area contributed by atoms with Crippen LogP contribution in [-0.4, -0.2) is 166 Å². The number of piperazine rings is 1. The molecule has 498 valence electrons. The molecular weight excluding hydrogens is 1190 g/mol. The van der Waals surface area contributed by atoms with Gasteiger partial charge in [-0.15, -0.1) is 0 Å². The number of Topliss-reactive ketones (excluding diaryl/α,β-unsaturated/α-hetero) is 3. The van der Waals surface area contributed by atoms with Crippen molar-refractivity contribution in [3.63, 3.8) is 0 Å². The number of ketones is 3. The SMILES string of the molecule is CCCCNc1nc(N)c2c(n1)N(Cc1ccnc(N3CCOCC3)c1)CC(=O)C2.CCCCOc1nc(N)c2c(n1)N(Cc1cccc(CN3CCN(C)CC3)c1)CC(=O)C2.CCCCOc1nc(N)c2c(n1)N(Cc1cccc(CNc3ccccn3)c1)CC(=O)C2. The number of nitrogens with two attached hydrogens (primary N) is 3. The Balaban J connectivity index is 0.000000154. The largest absolute Gasteiger partial charge is 0.463 e. The van der Waals surface area contributed by atoms with Crippen LogP contribution in [0.25, 0.3) is 0 Å². The van der Waals surface area contributed by atoms with Crippen molar-refractivity contribution in [2.24, 2.45) is 0 Å². The summed E-state index contributed by atoms with van der Waals surface area (Å²) in [4.78, 5) is 85.9. The van der Waals surface area contributed by atoms with E-state index in [4.69, 9.17) is 36.4 Å². The topological polar surface area (TPSA) is 304 Å². The molecule has 5 aromatic heterocycles. The molecule has 2 saturated heterocycles. The molecule has 0 radical (unpaired) electrons. The zero-order valence-corrected chi connectivity index (χ0v) is 54.9. The number of fused-ring (bicyclic) bond motifs is 3. The van der Waals surface area contributed by atoms with Gasteiger partial charge in [0.25, 0.3) is 0 Å². The van der Waals surface area contributed by atoms with Gasteiger partial charge >= 0.3 is 12.0 Å². The van der Waals surface area contributed by atoms with E-state index in [9.17, 15) is 14.4 Å². The van der Waals surface area contributed by atoms with Gasteiger partial charge in [-0.1, -0.05) is 94.6 Å². The fourth-order valence-corrected chi connectivity index (χ4v) is 11.7.